The van der Waals surface area contributed by atoms with Crippen LogP contribution in [0, 0.1) is 6.92 Å². The van der Waals surface area contributed by atoms with E-state index in [1.165, 1.54) is 17.1 Å². The Morgan fingerprint density at radius 3 is 2.45 bits per heavy atom. The van der Waals surface area contributed by atoms with Crippen molar-refractivity contribution in [1.82, 2.24) is 19.2 Å². The summed E-state index contributed by atoms with van der Waals surface area (Å²) < 4.78 is 5.64. The van der Waals surface area contributed by atoms with Gasteiger partial charge in [0.1, 0.15) is 22.2 Å². The van der Waals surface area contributed by atoms with Crippen molar-refractivity contribution in [3.05, 3.63) is 66.5 Å². The monoisotopic (exact) mass is 430 g/mol. The lowest BCUT2D eigenvalue weighted by Gasteiger charge is -2.35. The summed E-state index contributed by atoms with van der Waals surface area (Å²) in [4.78, 5) is 25.7. The molecule has 1 aliphatic rings. The van der Waals surface area contributed by atoms with E-state index in [1.54, 1.807) is 6.33 Å². The molecule has 5 rings (SSSR count). The summed E-state index contributed by atoms with van der Waals surface area (Å²) in [5.74, 6) is 0.892. The zero-order chi connectivity index (χ0) is 21.2. The van der Waals surface area contributed by atoms with Crippen molar-refractivity contribution < 1.29 is 4.79 Å². The number of anilines is 2. The van der Waals surface area contributed by atoms with Crippen LogP contribution in [-0.4, -0.2) is 51.5 Å². The Labute approximate surface area is 184 Å². The van der Waals surface area contributed by atoms with Gasteiger partial charge in [-0.3, -0.25) is 0 Å². The van der Waals surface area contributed by atoms with Crippen molar-refractivity contribution in [2.24, 2.45) is 0 Å². The number of amides is 2. The number of carbonyl (C=O) groups is 1. The second kappa shape index (κ2) is 8.31. The van der Waals surface area contributed by atoms with Gasteiger partial charge >= 0.3 is 6.03 Å². The Morgan fingerprint density at radius 2 is 1.71 bits per heavy atom. The molecular weight excluding hydrogens is 408 g/mol. The van der Waals surface area contributed by atoms with Crippen LogP contribution >= 0.6 is 11.5 Å². The van der Waals surface area contributed by atoms with Gasteiger partial charge in [0.25, 0.3) is 0 Å². The third kappa shape index (κ3) is 3.94. The second-order valence-corrected chi connectivity index (χ2v) is 8.32. The van der Waals surface area contributed by atoms with Gasteiger partial charge in [-0.25, -0.2) is 14.8 Å². The van der Waals surface area contributed by atoms with Crippen LogP contribution in [0.4, 0.5) is 16.3 Å². The van der Waals surface area contributed by atoms with Crippen LogP contribution in [0.3, 0.4) is 0 Å². The van der Waals surface area contributed by atoms with Crippen LogP contribution in [0.5, 0.6) is 0 Å². The molecule has 2 aromatic carbocycles. The highest BCUT2D eigenvalue weighted by molar-refractivity contribution is 7.14. The number of fused-ring (bicyclic) bond motifs is 1. The normalized spacial score (nSPS) is 14.1. The molecule has 2 aromatic heterocycles. The molecule has 3 heterocycles. The van der Waals surface area contributed by atoms with E-state index < -0.39 is 0 Å². The molecule has 2 amide bonds. The third-order valence-corrected chi connectivity index (χ3v) is 6.29. The van der Waals surface area contributed by atoms with Crippen molar-refractivity contribution in [3.63, 3.8) is 0 Å². The quantitative estimate of drug-likeness (QED) is 0.521. The number of aryl methyl sites for hydroxylation is 1. The van der Waals surface area contributed by atoms with Crippen molar-refractivity contribution in [1.29, 1.82) is 0 Å². The highest BCUT2D eigenvalue weighted by Crippen LogP contribution is 2.34. The predicted molar refractivity (Wildman–Crippen MR) is 125 cm³/mol. The van der Waals surface area contributed by atoms with E-state index in [-0.39, 0.29) is 6.03 Å². The maximum absolute atomic E-state index is 12.6. The molecule has 8 heteroatoms. The molecule has 0 spiro atoms. The predicted octanol–water partition coefficient (Wildman–Crippen LogP) is 4.42. The summed E-state index contributed by atoms with van der Waals surface area (Å²) in [6.45, 7) is 4.72. The fraction of sp³-hybridized carbons (Fsp3) is 0.217. The van der Waals surface area contributed by atoms with Crippen molar-refractivity contribution in [3.8, 4) is 11.3 Å². The number of carbonyl (C=O) groups excluding carboxylic acids is 1. The summed E-state index contributed by atoms with van der Waals surface area (Å²) in [5.41, 5.74) is 4.80. The Bertz CT molecular complexity index is 1200. The van der Waals surface area contributed by atoms with Gasteiger partial charge in [0.2, 0.25) is 0 Å². The van der Waals surface area contributed by atoms with Crippen molar-refractivity contribution in [2.45, 2.75) is 6.92 Å². The number of hydrogen-bond acceptors (Lipinski definition) is 6. The molecular formula is C23H22N6OS. The number of hydrogen-bond donors (Lipinski definition) is 1. The summed E-state index contributed by atoms with van der Waals surface area (Å²) in [7, 11) is 0. The molecule has 0 aliphatic carbocycles. The first-order valence-electron chi connectivity index (χ1n) is 10.2. The highest BCUT2D eigenvalue weighted by Gasteiger charge is 2.24. The average Bonchev–Trinajstić information content (AvgIpc) is 3.26. The summed E-state index contributed by atoms with van der Waals surface area (Å²) >= 11 is 1.43. The lowest BCUT2D eigenvalue weighted by atomic mass is 10.1. The number of aromatic nitrogens is 3. The molecule has 0 saturated carbocycles. The molecule has 1 N–H and O–H groups in total. The topological polar surface area (TPSA) is 74.2 Å². The Morgan fingerprint density at radius 1 is 0.968 bits per heavy atom. The molecule has 1 fully saturated rings. The summed E-state index contributed by atoms with van der Waals surface area (Å²) in [5, 5.41) is 2.98. The fourth-order valence-corrected chi connectivity index (χ4v) is 4.60. The van der Waals surface area contributed by atoms with Crippen LogP contribution in [0.15, 0.2) is 60.9 Å². The summed E-state index contributed by atoms with van der Waals surface area (Å²) in [6.07, 6.45) is 1.61. The van der Waals surface area contributed by atoms with Gasteiger partial charge in [-0.05, 0) is 30.6 Å². The van der Waals surface area contributed by atoms with E-state index in [4.69, 9.17) is 0 Å². The number of nitrogens with zero attached hydrogens (tertiary/aromatic N) is 5. The molecule has 31 heavy (non-hydrogen) atoms. The van der Waals surface area contributed by atoms with Crippen molar-refractivity contribution in [2.75, 3.05) is 36.4 Å². The molecule has 4 aromatic rings. The van der Waals surface area contributed by atoms with Gasteiger partial charge in [-0.15, -0.1) is 0 Å². The number of nitrogens with one attached hydrogen (secondary N) is 1. The molecule has 0 atom stereocenters. The Balaban J connectivity index is 1.30. The number of piperazine rings is 1. The van der Waals surface area contributed by atoms with Crippen LogP contribution in [0.1, 0.15) is 5.56 Å². The summed E-state index contributed by atoms with van der Waals surface area (Å²) in [6, 6.07) is 17.9. The van der Waals surface area contributed by atoms with E-state index in [0.717, 1.165) is 33.0 Å². The third-order valence-electron chi connectivity index (χ3n) is 5.45. The molecule has 1 aliphatic heterocycles. The first-order valence-corrected chi connectivity index (χ1v) is 11.0. The first-order chi connectivity index (χ1) is 15.2. The molecule has 156 valence electrons. The van der Waals surface area contributed by atoms with E-state index in [1.807, 2.05) is 66.4 Å². The van der Waals surface area contributed by atoms with E-state index in [9.17, 15) is 4.79 Å². The SMILES string of the molecule is Cc1ccc(NC(=O)N2CCN(c3ncnc4c(-c5ccccc5)nsc34)CC2)cc1. The lowest BCUT2D eigenvalue weighted by molar-refractivity contribution is 0.208. The van der Waals surface area contributed by atoms with Gasteiger partial charge in [0, 0.05) is 37.4 Å². The van der Waals surface area contributed by atoms with Gasteiger partial charge < -0.3 is 15.1 Å². The highest BCUT2D eigenvalue weighted by atomic mass is 32.1. The van der Waals surface area contributed by atoms with Crippen LogP contribution in [0.2, 0.25) is 0 Å². The fourth-order valence-electron chi connectivity index (χ4n) is 3.72. The van der Waals surface area contributed by atoms with E-state index in [0.29, 0.717) is 26.2 Å². The first kappa shape index (κ1) is 19.4. The van der Waals surface area contributed by atoms with Crippen LogP contribution < -0.4 is 10.2 Å². The van der Waals surface area contributed by atoms with Crippen molar-refractivity contribution >= 4 is 39.3 Å². The molecule has 7 nitrogen and oxygen atoms in total. The number of rotatable bonds is 3. The maximum atomic E-state index is 12.6. The minimum atomic E-state index is -0.0690. The zero-order valence-electron chi connectivity index (χ0n) is 17.2. The van der Waals surface area contributed by atoms with Crippen LogP contribution in [-0.2, 0) is 0 Å². The van der Waals surface area contributed by atoms with E-state index in [2.05, 4.69) is 24.6 Å². The number of benzene rings is 2. The van der Waals surface area contributed by atoms with Gasteiger partial charge in [0.05, 0.1) is 0 Å². The molecule has 0 unspecified atom stereocenters. The average molecular weight is 431 g/mol. The largest absolute Gasteiger partial charge is 0.352 e. The molecule has 0 radical (unpaired) electrons. The van der Waals surface area contributed by atoms with Gasteiger partial charge in [-0.2, -0.15) is 4.37 Å². The Kier molecular flexibility index (Phi) is 5.21. The molecule has 1 saturated heterocycles. The van der Waals surface area contributed by atoms with Crippen LogP contribution in [0.25, 0.3) is 21.5 Å². The standard InChI is InChI=1S/C23H22N6OS/c1-16-7-9-18(10-8-16)26-23(30)29-13-11-28(12-14-29)22-21-20(24-15-25-22)19(27-31-21)17-5-3-2-4-6-17/h2-10,15H,11-14H2,1H3,(H,26,30). The van der Waals surface area contributed by atoms with Gasteiger partial charge in [-0.1, -0.05) is 48.0 Å². The van der Waals surface area contributed by atoms with Gasteiger partial charge in [0.15, 0.2) is 5.82 Å². The smallest absolute Gasteiger partial charge is 0.321 e. The maximum Gasteiger partial charge on any atom is 0.321 e. The Hall–Kier alpha value is -3.52. The second-order valence-electron chi connectivity index (χ2n) is 7.54. The molecule has 0 bridgehead atoms. The minimum absolute atomic E-state index is 0.0690. The number of urea groups is 1. The van der Waals surface area contributed by atoms with E-state index >= 15 is 0 Å². The lowest BCUT2D eigenvalue weighted by Crippen LogP contribution is -2.50. The zero-order valence-corrected chi connectivity index (χ0v) is 18.0. The minimum Gasteiger partial charge on any atom is -0.352 e.